The lowest BCUT2D eigenvalue weighted by Crippen LogP contribution is -2.45. The lowest BCUT2D eigenvalue weighted by atomic mass is 9.76. The Kier molecular flexibility index (Phi) is 5.69. The van der Waals surface area contributed by atoms with E-state index >= 15 is 0 Å². The van der Waals surface area contributed by atoms with E-state index in [-0.39, 0.29) is 23.8 Å². The molecular weight excluding hydrogens is 412 g/mol. The molecule has 5 rings (SSSR count). The largest absolute Gasteiger partial charge is 0.455 e. The summed E-state index contributed by atoms with van der Waals surface area (Å²) < 4.78 is 12.2. The van der Waals surface area contributed by atoms with E-state index in [1.807, 2.05) is 38.1 Å². The summed E-state index contributed by atoms with van der Waals surface area (Å²) in [5.41, 5.74) is 5.08. The molecule has 0 amide bonds. The zero-order valence-electron chi connectivity index (χ0n) is 19.4. The molecule has 0 radical (unpaired) electrons. The van der Waals surface area contributed by atoms with E-state index in [4.69, 9.17) is 9.47 Å². The molecule has 2 aromatic rings. The monoisotopic (exact) mass is 442 g/mol. The average molecular weight is 443 g/mol. The molecule has 6 atom stereocenters. The van der Waals surface area contributed by atoms with Crippen LogP contribution in [0.4, 0.5) is 0 Å². The summed E-state index contributed by atoms with van der Waals surface area (Å²) in [6, 6.07) is 15.8. The van der Waals surface area contributed by atoms with Gasteiger partial charge in [0.05, 0.1) is 11.1 Å². The molecule has 2 saturated carbocycles. The molecule has 3 aliphatic rings. The number of hydrogen-bond acceptors (Lipinski definition) is 4. The van der Waals surface area contributed by atoms with E-state index < -0.39 is 12.2 Å². The van der Waals surface area contributed by atoms with Crippen molar-refractivity contribution >= 4 is 11.9 Å². The minimum Gasteiger partial charge on any atom is -0.455 e. The van der Waals surface area contributed by atoms with Gasteiger partial charge in [-0.25, -0.2) is 9.59 Å². The molecule has 0 aliphatic heterocycles. The van der Waals surface area contributed by atoms with Gasteiger partial charge in [0.1, 0.15) is 12.2 Å². The van der Waals surface area contributed by atoms with Gasteiger partial charge in [-0.15, -0.1) is 0 Å². The Bertz CT molecular complexity index is 1130. The first-order valence-electron chi connectivity index (χ1n) is 11.9. The molecule has 4 heteroatoms. The van der Waals surface area contributed by atoms with Crippen LogP contribution in [0.15, 0.2) is 72.3 Å². The Balaban J connectivity index is 1.46. The third kappa shape index (κ3) is 3.72. The zero-order valence-corrected chi connectivity index (χ0v) is 19.4. The van der Waals surface area contributed by atoms with Gasteiger partial charge in [0.15, 0.2) is 0 Å². The summed E-state index contributed by atoms with van der Waals surface area (Å²) in [5.74, 6) is 0.418. The molecule has 0 heterocycles. The third-order valence-corrected chi connectivity index (χ3v) is 7.69. The maximum Gasteiger partial charge on any atom is 0.338 e. The van der Waals surface area contributed by atoms with Crippen molar-refractivity contribution in [3.8, 4) is 0 Å². The van der Waals surface area contributed by atoms with Crippen molar-refractivity contribution in [2.75, 3.05) is 0 Å². The summed E-state index contributed by atoms with van der Waals surface area (Å²) in [6.45, 7) is 5.83. The maximum absolute atomic E-state index is 13.0. The number of carbonyl (C=O) groups excluding carboxylic acids is 2. The Morgan fingerprint density at radius 1 is 0.939 bits per heavy atom. The van der Waals surface area contributed by atoms with Gasteiger partial charge in [-0.1, -0.05) is 60.2 Å². The molecule has 0 N–H and O–H groups in total. The highest BCUT2D eigenvalue weighted by molar-refractivity contribution is 5.92. The Hall–Kier alpha value is -3.14. The number of benzene rings is 2. The van der Waals surface area contributed by atoms with Gasteiger partial charge in [0, 0.05) is 11.8 Å². The van der Waals surface area contributed by atoms with E-state index in [0.29, 0.717) is 23.0 Å². The van der Waals surface area contributed by atoms with Crippen LogP contribution in [0.3, 0.4) is 0 Å². The zero-order chi connectivity index (χ0) is 23.1. The minimum atomic E-state index is -0.441. The number of rotatable bonds is 5. The van der Waals surface area contributed by atoms with Gasteiger partial charge >= 0.3 is 11.9 Å². The van der Waals surface area contributed by atoms with E-state index in [0.717, 1.165) is 12.8 Å². The molecular formula is C29H30O4. The van der Waals surface area contributed by atoms with E-state index in [1.54, 1.807) is 24.3 Å². The van der Waals surface area contributed by atoms with Crippen LogP contribution in [-0.2, 0) is 20.7 Å². The summed E-state index contributed by atoms with van der Waals surface area (Å²) in [5, 5.41) is 0. The maximum atomic E-state index is 13.0. The third-order valence-electron chi connectivity index (χ3n) is 7.69. The van der Waals surface area contributed by atoms with Gasteiger partial charge in [-0.3, -0.25) is 0 Å². The molecule has 6 unspecified atom stereocenters. The van der Waals surface area contributed by atoms with E-state index in [9.17, 15) is 9.59 Å². The van der Waals surface area contributed by atoms with Crippen molar-refractivity contribution < 1.29 is 19.1 Å². The minimum absolute atomic E-state index is 0.158. The van der Waals surface area contributed by atoms with Crippen LogP contribution in [0.1, 0.15) is 53.2 Å². The van der Waals surface area contributed by atoms with Crippen molar-refractivity contribution in [2.45, 2.75) is 51.7 Å². The Morgan fingerprint density at radius 2 is 1.70 bits per heavy atom. The second-order valence-electron chi connectivity index (χ2n) is 9.51. The van der Waals surface area contributed by atoms with Gasteiger partial charge in [-0.2, -0.15) is 0 Å². The van der Waals surface area contributed by atoms with Crippen molar-refractivity contribution in [3.63, 3.8) is 0 Å². The Morgan fingerprint density at radius 3 is 2.42 bits per heavy atom. The second-order valence-corrected chi connectivity index (χ2v) is 9.51. The highest BCUT2D eigenvalue weighted by atomic mass is 16.6. The molecule has 0 aromatic heterocycles. The topological polar surface area (TPSA) is 52.6 Å². The number of aryl methyl sites for hydroxylation is 1. The fraction of sp³-hybridized carbons (Fsp3) is 0.379. The number of fused-ring (bicyclic) bond motifs is 7. The number of allylic oxidation sites excluding steroid dienone is 2. The Labute approximate surface area is 195 Å². The summed E-state index contributed by atoms with van der Waals surface area (Å²) in [7, 11) is 0. The van der Waals surface area contributed by atoms with Gasteiger partial charge < -0.3 is 9.47 Å². The molecule has 2 aromatic carbocycles. The fourth-order valence-corrected chi connectivity index (χ4v) is 6.38. The number of ether oxygens (including phenoxy) is 2. The lowest BCUT2D eigenvalue weighted by Gasteiger charge is -2.37. The molecule has 2 bridgehead atoms. The summed E-state index contributed by atoms with van der Waals surface area (Å²) in [6.07, 6.45) is 6.41. The summed E-state index contributed by atoms with van der Waals surface area (Å²) >= 11 is 0. The first-order valence-corrected chi connectivity index (χ1v) is 11.9. The first-order chi connectivity index (χ1) is 16.0. The van der Waals surface area contributed by atoms with E-state index in [1.165, 1.54) is 16.7 Å². The first kappa shape index (κ1) is 21.7. The SMILES string of the molecule is C/C=C\C(=C/C)C(=O)OC1C2CC(C1OC(=O)c1ccccc1)C1c3ccc(C)cc3CC21. The van der Waals surface area contributed by atoms with Crippen molar-refractivity contribution in [1.82, 2.24) is 0 Å². The normalized spacial score (nSPS) is 29.7. The van der Waals surface area contributed by atoms with Crippen molar-refractivity contribution in [1.29, 1.82) is 0 Å². The molecule has 170 valence electrons. The molecule has 2 fully saturated rings. The van der Waals surface area contributed by atoms with Crippen LogP contribution in [0.25, 0.3) is 0 Å². The number of esters is 2. The van der Waals surface area contributed by atoms with Crippen LogP contribution in [-0.4, -0.2) is 24.1 Å². The van der Waals surface area contributed by atoms with Gasteiger partial charge in [0.2, 0.25) is 0 Å². The highest BCUT2D eigenvalue weighted by Crippen LogP contribution is 2.62. The van der Waals surface area contributed by atoms with Crippen molar-refractivity contribution in [2.24, 2.45) is 17.8 Å². The fourth-order valence-electron chi connectivity index (χ4n) is 6.38. The molecule has 0 saturated heterocycles. The number of hydrogen-bond donors (Lipinski definition) is 0. The lowest BCUT2D eigenvalue weighted by molar-refractivity contribution is -0.156. The van der Waals surface area contributed by atoms with Crippen LogP contribution in [0.2, 0.25) is 0 Å². The predicted octanol–water partition coefficient (Wildman–Crippen LogP) is 5.56. The van der Waals surface area contributed by atoms with Gasteiger partial charge in [-0.05, 0) is 68.7 Å². The smallest absolute Gasteiger partial charge is 0.338 e. The van der Waals surface area contributed by atoms with Crippen molar-refractivity contribution in [3.05, 3.63) is 94.6 Å². The number of carbonyl (C=O) groups is 2. The quantitative estimate of drug-likeness (QED) is 0.346. The van der Waals surface area contributed by atoms with E-state index in [2.05, 4.69) is 25.1 Å². The predicted molar refractivity (Wildman–Crippen MR) is 127 cm³/mol. The van der Waals surface area contributed by atoms with Crippen LogP contribution in [0, 0.1) is 24.7 Å². The molecule has 3 aliphatic carbocycles. The standard InChI is InChI=1S/C29H30O4/c1-4-9-18(5-2)28(30)32-26-23-16-24(27(26)33-29(31)19-10-7-6-8-11-19)25-21-13-12-17(3)14-20(21)15-22(23)25/h4-14,22-27H,15-16H2,1-3H3/b9-4-,18-5+. The average Bonchev–Trinajstić information content (AvgIpc) is 3.47. The van der Waals surface area contributed by atoms with Crippen LogP contribution in [0.5, 0.6) is 0 Å². The molecule has 33 heavy (non-hydrogen) atoms. The molecule has 0 spiro atoms. The highest BCUT2D eigenvalue weighted by Gasteiger charge is 2.63. The molecule has 4 nitrogen and oxygen atoms in total. The second kappa shape index (κ2) is 8.66. The van der Waals surface area contributed by atoms with Crippen LogP contribution < -0.4 is 0 Å². The summed E-state index contributed by atoms with van der Waals surface area (Å²) in [4.78, 5) is 26.0. The van der Waals surface area contributed by atoms with Crippen LogP contribution >= 0.6 is 0 Å². The van der Waals surface area contributed by atoms with Gasteiger partial charge in [0.25, 0.3) is 0 Å².